The van der Waals surface area contributed by atoms with Crippen molar-refractivity contribution in [3.63, 3.8) is 0 Å². The maximum atomic E-state index is 13.6. The van der Waals surface area contributed by atoms with Crippen molar-refractivity contribution in [3.8, 4) is 11.4 Å². The molecule has 7 heteroatoms. The molecule has 0 spiro atoms. The van der Waals surface area contributed by atoms with Gasteiger partial charge >= 0.3 is 0 Å². The highest BCUT2D eigenvalue weighted by molar-refractivity contribution is 5.37. The second-order valence-electron chi connectivity index (χ2n) is 4.45. The molecule has 3 rings (SSSR count). The van der Waals surface area contributed by atoms with E-state index in [0.29, 0.717) is 11.5 Å². The second kappa shape index (κ2) is 4.93. The third-order valence-electron chi connectivity index (χ3n) is 3.22. The molecule has 0 aliphatic carbocycles. The van der Waals surface area contributed by atoms with Crippen LogP contribution in [0.3, 0.4) is 0 Å². The summed E-state index contributed by atoms with van der Waals surface area (Å²) in [6.45, 7) is 1.83. The molecule has 0 amide bonds. The molecule has 1 aromatic carbocycles. The van der Waals surface area contributed by atoms with E-state index in [1.54, 1.807) is 12.1 Å². The molecular formula is C12H14FN5O. The van der Waals surface area contributed by atoms with E-state index in [0.717, 1.165) is 19.5 Å². The lowest BCUT2D eigenvalue weighted by Gasteiger charge is -2.03. The smallest absolute Gasteiger partial charge is 0.179 e. The van der Waals surface area contributed by atoms with E-state index in [2.05, 4.69) is 20.7 Å². The van der Waals surface area contributed by atoms with Gasteiger partial charge in [-0.3, -0.25) is 0 Å². The first kappa shape index (κ1) is 12.0. The first-order chi connectivity index (χ1) is 9.28. The van der Waals surface area contributed by atoms with Gasteiger partial charge in [-0.25, -0.2) is 4.39 Å². The fourth-order valence-corrected chi connectivity index (χ4v) is 2.15. The number of ether oxygens (including phenoxy) is 1. The van der Waals surface area contributed by atoms with Gasteiger partial charge in [-0.15, -0.1) is 15.0 Å². The highest BCUT2D eigenvalue weighted by Crippen LogP contribution is 2.21. The van der Waals surface area contributed by atoms with Crippen LogP contribution in [0.2, 0.25) is 0 Å². The number of rotatable bonds is 3. The fraction of sp³-hybridized carbons (Fsp3) is 0.417. The number of tetrazole rings is 1. The van der Waals surface area contributed by atoms with Gasteiger partial charge in [-0.2, -0.15) is 0 Å². The second-order valence-corrected chi connectivity index (χ2v) is 4.45. The average molecular weight is 263 g/mol. The van der Waals surface area contributed by atoms with Crippen LogP contribution in [-0.4, -0.2) is 40.4 Å². The first-order valence-electron chi connectivity index (χ1n) is 6.12. The van der Waals surface area contributed by atoms with Gasteiger partial charge in [0.2, 0.25) is 0 Å². The normalized spacial score (nSPS) is 18.7. The summed E-state index contributed by atoms with van der Waals surface area (Å²) < 4.78 is 18.5. The van der Waals surface area contributed by atoms with Crippen LogP contribution in [0, 0.1) is 5.82 Å². The van der Waals surface area contributed by atoms with E-state index in [-0.39, 0.29) is 11.7 Å². The summed E-state index contributed by atoms with van der Waals surface area (Å²) in [5, 5.41) is 15.6. The Kier molecular flexibility index (Phi) is 3.12. The molecule has 1 aromatic heterocycles. The predicted octanol–water partition coefficient (Wildman–Crippen LogP) is 0.887. The minimum Gasteiger partial charge on any atom is -0.494 e. The van der Waals surface area contributed by atoms with Gasteiger partial charge in [0.25, 0.3) is 0 Å². The van der Waals surface area contributed by atoms with Gasteiger partial charge in [0, 0.05) is 18.5 Å². The molecule has 2 heterocycles. The molecule has 100 valence electrons. The van der Waals surface area contributed by atoms with Gasteiger partial charge in [-0.05, 0) is 30.3 Å². The third kappa shape index (κ3) is 2.28. The maximum absolute atomic E-state index is 13.6. The highest BCUT2D eigenvalue weighted by Gasteiger charge is 2.21. The van der Waals surface area contributed by atoms with Crippen LogP contribution < -0.4 is 10.1 Å². The molecule has 0 bridgehead atoms. The highest BCUT2D eigenvalue weighted by atomic mass is 19.1. The number of nitrogens with one attached hydrogen (secondary N) is 1. The summed E-state index contributed by atoms with van der Waals surface area (Å²) in [4.78, 5) is 1.34. The fourth-order valence-electron chi connectivity index (χ4n) is 2.15. The summed E-state index contributed by atoms with van der Waals surface area (Å²) in [5.41, 5.74) is 0.531. The maximum Gasteiger partial charge on any atom is 0.179 e. The molecule has 1 fully saturated rings. The van der Waals surface area contributed by atoms with Crippen LogP contribution in [0.5, 0.6) is 5.75 Å². The molecule has 1 N–H and O–H groups in total. The van der Waals surface area contributed by atoms with Crippen molar-refractivity contribution in [2.45, 2.75) is 12.3 Å². The zero-order valence-electron chi connectivity index (χ0n) is 10.5. The van der Waals surface area contributed by atoms with E-state index in [1.807, 2.05) is 0 Å². The first-order valence-corrected chi connectivity index (χ1v) is 6.12. The van der Waals surface area contributed by atoms with Crippen molar-refractivity contribution in [3.05, 3.63) is 29.8 Å². The monoisotopic (exact) mass is 263 g/mol. The number of methoxy groups -OCH3 is 1. The lowest BCUT2D eigenvalue weighted by molar-refractivity contribution is 0.386. The SMILES string of the molecule is COc1ccc(-n2nnc(C3CCNC3)n2)cc1F. The molecular weight excluding hydrogens is 249 g/mol. The van der Waals surface area contributed by atoms with Crippen molar-refractivity contribution in [2.75, 3.05) is 20.2 Å². The van der Waals surface area contributed by atoms with Crippen molar-refractivity contribution in [2.24, 2.45) is 0 Å². The van der Waals surface area contributed by atoms with E-state index in [4.69, 9.17) is 4.74 Å². The Morgan fingerprint density at radius 1 is 1.47 bits per heavy atom. The van der Waals surface area contributed by atoms with Crippen LogP contribution in [0.15, 0.2) is 18.2 Å². The van der Waals surface area contributed by atoms with E-state index in [9.17, 15) is 4.39 Å². The molecule has 1 atom stereocenters. The summed E-state index contributed by atoms with van der Waals surface area (Å²) in [6, 6.07) is 4.57. The zero-order chi connectivity index (χ0) is 13.2. The molecule has 1 aliphatic heterocycles. The quantitative estimate of drug-likeness (QED) is 0.890. The summed E-state index contributed by atoms with van der Waals surface area (Å²) in [6.07, 6.45) is 1.00. The van der Waals surface area contributed by atoms with Crippen molar-refractivity contribution in [1.82, 2.24) is 25.5 Å². The van der Waals surface area contributed by atoms with Crippen LogP contribution >= 0.6 is 0 Å². The standard InChI is InChI=1S/C12H14FN5O/c1-19-11-3-2-9(6-10(11)13)18-16-12(15-17-18)8-4-5-14-7-8/h2-3,6,8,14H,4-5,7H2,1H3. The number of halogens is 1. The molecule has 0 saturated carbocycles. The van der Waals surface area contributed by atoms with Gasteiger partial charge in [0.05, 0.1) is 12.8 Å². The van der Waals surface area contributed by atoms with Crippen molar-refractivity contribution in [1.29, 1.82) is 0 Å². The third-order valence-corrected chi connectivity index (χ3v) is 3.22. The molecule has 2 aromatic rings. The Morgan fingerprint density at radius 3 is 3.05 bits per heavy atom. The number of aromatic nitrogens is 4. The topological polar surface area (TPSA) is 64.9 Å². The molecule has 0 radical (unpaired) electrons. The summed E-state index contributed by atoms with van der Waals surface area (Å²) in [5.74, 6) is 0.739. The number of nitrogens with zero attached hydrogens (tertiary/aromatic N) is 4. The molecule has 1 saturated heterocycles. The van der Waals surface area contributed by atoms with E-state index < -0.39 is 5.82 Å². The Balaban J connectivity index is 1.87. The lowest BCUT2D eigenvalue weighted by Crippen LogP contribution is -2.09. The minimum absolute atomic E-state index is 0.198. The molecule has 19 heavy (non-hydrogen) atoms. The Bertz CT molecular complexity index is 579. The Labute approximate surface area is 109 Å². The average Bonchev–Trinajstić information content (AvgIpc) is 3.09. The number of hydrogen-bond donors (Lipinski definition) is 1. The largest absolute Gasteiger partial charge is 0.494 e. The van der Waals surface area contributed by atoms with Gasteiger partial charge in [-0.1, -0.05) is 0 Å². The van der Waals surface area contributed by atoms with Crippen LogP contribution in [0.25, 0.3) is 5.69 Å². The van der Waals surface area contributed by atoms with Crippen LogP contribution in [-0.2, 0) is 0 Å². The minimum atomic E-state index is -0.443. The van der Waals surface area contributed by atoms with Gasteiger partial charge < -0.3 is 10.1 Å². The summed E-state index contributed by atoms with van der Waals surface area (Å²) >= 11 is 0. The van der Waals surface area contributed by atoms with Crippen molar-refractivity contribution < 1.29 is 9.13 Å². The number of benzene rings is 1. The zero-order valence-corrected chi connectivity index (χ0v) is 10.5. The lowest BCUT2D eigenvalue weighted by atomic mass is 10.1. The van der Waals surface area contributed by atoms with Crippen LogP contribution in [0.4, 0.5) is 4.39 Å². The molecule has 1 unspecified atom stereocenters. The van der Waals surface area contributed by atoms with Gasteiger partial charge in [0.1, 0.15) is 0 Å². The van der Waals surface area contributed by atoms with E-state index >= 15 is 0 Å². The number of hydrogen-bond acceptors (Lipinski definition) is 5. The van der Waals surface area contributed by atoms with Gasteiger partial charge in [0.15, 0.2) is 17.4 Å². The van der Waals surface area contributed by atoms with E-state index in [1.165, 1.54) is 18.0 Å². The molecule has 6 nitrogen and oxygen atoms in total. The Morgan fingerprint density at radius 2 is 2.37 bits per heavy atom. The summed E-state index contributed by atoms with van der Waals surface area (Å²) in [7, 11) is 1.43. The predicted molar refractivity (Wildman–Crippen MR) is 65.9 cm³/mol. The molecule has 1 aliphatic rings. The van der Waals surface area contributed by atoms with Crippen molar-refractivity contribution >= 4 is 0 Å². The van der Waals surface area contributed by atoms with Crippen LogP contribution in [0.1, 0.15) is 18.2 Å². The Hall–Kier alpha value is -2.02.